The minimum atomic E-state index is -0.435. The number of hydrogen-bond acceptors (Lipinski definition) is 3. The van der Waals surface area contributed by atoms with Gasteiger partial charge in [-0.15, -0.1) is 0 Å². The molecule has 0 heterocycles. The van der Waals surface area contributed by atoms with Crippen molar-refractivity contribution in [3.05, 3.63) is 68.4 Å². The third kappa shape index (κ3) is 3.77. The van der Waals surface area contributed by atoms with Crippen LogP contribution in [0.2, 0.25) is 0 Å². The average molecular weight is 340 g/mol. The van der Waals surface area contributed by atoms with Gasteiger partial charge in [-0.1, -0.05) is 12.1 Å². The van der Waals surface area contributed by atoms with Crippen LogP contribution in [0.25, 0.3) is 0 Å². The van der Waals surface area contributed by atoms with Gasteiger partial charge in [0.05, 0.1) is 16.0 Å². The Balaban J connectivity index is 1.91. The highest BCUT2D eigenvalue weighted by atomic mass is 79.9. The van der Waals surface area contributed by atoms with Gasteiger partial charge in [0.2, 0.25) is 0 Å². The highest BCUT2D eigenvalue weighted by Crippen LogP contribution is 2.25. The molecule has 0 bridgehead atoms. The molecule has 0 amide bonds. The van der Waals surface area contributed by atoms with Gasteiger partial charge in [-0.2, -0.15) is 0 Å². The molecule has 0 aliphatic carbocycles. The molecule has 0 aliphatic heterocycles. The Bertz CT molecular complexity index is 616. The molecule has 0 aliphatic rings. The van der Waals surface area contributed by atoms with Gasteiger partial charge < -0.3 is 4.74 Å². The molecule has 0 saturated carbocycles. The molecule has 0 unspecified atom stereocenters. The smallest absolute Gasteiger partial charge is 0.269 e. The molecular weight excluding hydrogens is 329 g/mol. The van der Waals surface area contributed by atoms with E-state index in [1.807, 2.05) is 0 Å². The van der Waals surface area contributed by atoms with E-state index in [-0.39, 0.29) is 11.5 Å². The zero-order valence-corrected chi connectivity index (χ0v) is 12.0. The fourth-order valence-corrected chi connectivity index (χ4v) is 2.12. The van der Waals surface area contributed by atoms with Crippen molar-refractivity contribution in [1.82, 2.24) is 0 Å². The summed E-state index contributed by atoms with van der Waals surface area (Å²) in [7, 11) is 0. The van der Waals surface area contributed by atoms with Crippen LogP contribution in [0.3, 0.4) is 0 Å². The summed E-state index contributed by atoms with van der Waals surface area (Å²) in [6.45, 7) is 0.405. The van der Waals surface area contributed by atoms with Crippen molar-refractivity contribution in [3.8, 4) is 5.75 Å². The van der Waals surface area contributed by atoms with Gasteiger partial charge >= 0.3 is 0 Å². The summed E-state index contributed by atoms with van der Waals surface area (Å²) in [5.74, 6) is 0.230. The van der Waals surface area contributed by atoms with Gasteiger partial charge in [-0.3, -0.25) is 10.1 Å². The van der Waals surface area contributed by atoms with Crippen molar-refractivity contribution in [1.29, 1.82) is 0 Å². The van der Waals surface area contributed by atoms with E-state index in [1.165, 1.54) is 24.3 Å². The Morgan fingerprint density at radius 1 is 1.20 bits per heavy atom. The SMILES string of the molecule is O=[N+]([O-])c1ccc(CCOc2ccc(F)cc2Br)cc1. The number of ether oxygens (including phenoxy) is 1. The van der Waals surface area contributed by atoms with Crippen LogP contribution in [0.15, 0.2) is 46.9 Å². The van der Waals surface area contributed by atoms with Crippen molar-refractivity contribution in [2.24, 2.45) is 0 Å². The molecule has 6 heteroatoms. The van der Waals surface area contributed by atoms with E-state index in [0.29, 0.717) is 23.2 Å². The van der Waals surface area contributed by atoms with Crippen molar-refractivity contribution in [2.45, 2.75) is 6.42 Å². The zero-order chi connectivity index (χ0) is 14.5. The van der Waals surface area contributed by atoms with Crippen molar-refractivity contribution < 1.29 is 14.1 Å². The van der Waals surface area contributed by atoms with Crippen molar-refractivity contribution in [3.63, 3.8) is 0 Å². The monoisotopic (exact) mass is 339 g/mol. The second-order valence-electron chi connectivity index (χ2n) is 4.10. The fourth-order valence-electron chi connectivity index (χ4n) is 1.66. The first-order chi connectivity index (χ1) is 9.56. The van der Waals surface area contributed by atoms with Crippen LogP contribution in [-0.2, 0) is 6.42 Å². The van der Waals surface area contributed by atoms with Gasteiger partial charge in [0.25, 0.3) is 5.69 Å². The number of hydrogen-bond donors (Lipinski definition) is 0. The van der Waals surface area contributed by atoms with E-state index < -0.39 is 4.92 Å². The molecule has 0 N–H and O–H groups in total. The summed E-state index contributed by atoms with van der Waals surface area (Å²) in [5.41, 5.74) is 1.00. The first kappa shape index (κ1) is 14.5. The number of non-ortho nitro benzene ring substituents is 1. The molecule has 0 fully saturated rings. The first-order valence-electron chi connectivity index (χ1n) is 5.87. The maximum absolute atomic E-state index is 12.9. The quantitative estimate of drug-likeness (QED) is 0.608. The predicted octanol–water partition coefficient (Wildman–Crippen LogP) is 4.12. The Hall–Kier alpha value is -1.95. The normalized spacial score (nSPS) is 10.3. The molecular formula is C14H11BrFNO3. The largest absolute Gasteiger partial charge is 0.492 e. The molecule has 2 aromatic rings. The topological polar surface area (TPSA) is 52.4 Å². The van der Waals surface area contributed by atoms with Gasteiger partial charge in [-0.25, -0.2) is 4.39 Å². The molecule has 20 heavy (non-hydrogen) atoms. The Labute approximate surface area is 123 Å². The van der Waals surface area contributed by atoms with Crippen LogP contribution in [0.5, 0.6) is 5.75 Å². The van der Waals surface area contributed by atoms with Crippen LogP contribution in [-0.4, -0.2) is 11.5 Å². The van der Waals surface area contributed by atoms with E-state index in [1.54, 1.807) is 18.2 Å². The molecule has 2 aromatic carbocycles. The Morgan fingerprint density at radius 3 is 2.50 bits per heavy atom. The number of rotatable bonds is 5. The second-order valence-corrected chi connectivity index (χ2v) is 4.95. The fraction of sp³-hybridized carbons (Fsp3) is 0.143. The maximum atomic E-state index is 12.9. The molecule has 0 spiro atoms. The van der Waals surface area contributed by atoms with Crippen LogP contribution >= 0.6 is 15.9 Å². The van der Waals surface area contributed by atoms with Crippen LogP contribution < -0.4 is 4.74 Å². The minimum Gasteiger partial charge on any atom is -0.492 e. The number of benzene rings is 2. The third-order valence-electron chi connectivity index (χ3n) is 2.69. The summed E-state index contributed by atoms with van der Waals surface area (Å²) in [5, 5.41) is 10.5. The van der Waals surface area contributed by atoms with Crippen molar-refractivity contribution >= 4 is 21.6 Å². The Kier molecular flexibility index (Phi) is 4.68. The van der Waals surface area contributed by atoms with E-state index in [4.69, 9.17) is 4.74 Å². The molecule has 4 nitrogen and oxygen atoms in total. The average Bonchev–Trinajstić information content (AvgIpc) is 2.42. The van der Waals surface area contributed by atoms with E-state index in [9.17, 15) is 14.5 Å². The lowest BCUT2D eigenvalue weighted by Crippen LogP contribution is -2.02. The van der Waals surface area contributed by atoms with E-state index in [2.05, 4.69) is 15.9 Å². The lowest BCUT2D eigenvalue weighted by Gasteiger charge is -2.08. The third-order valence-corrected chi connectivity index (χ3v) is 3.31. The van der Waals surface area contributed by atoms with E-state index >= 15 is 0 Å². The maximum Gasteiger partial charge on any atom is 0.269 e. The number of nitrogens with zero attached hydrogens (tertiary/aromatic N) is 1. The zero-order valence-electron chi connectivity index (χ0n) is 10.4. The summed E-state index contributed by atoms with van der Waals surface area (Å²) in [6, 6.07) is 10.5. The molecule has 2 rings (SSSR count). The Morgan fingerprint density at radius 2 is 1.90 bits per heavy atom. The standard InChI is InChI=1S/C14H11BrFNO3/c15-13-9-11(16)3-6-14(13)20-8-7-10-1-4-12(5-2-10)17(18)19/h1-6,9H,7-8H2. The summed E-state index contributed by atoms with van der Waals surface area (Å²) in [6.07, 6.45) is 0.613. The number of nitro groups is 1. The predicted molar refractivity (Wildman–Crippen MR) is 76.4 cm³/mol. The van der Waals surface area contributed by atoms with Gasteiger partial charge in [0, 0.05) is 18.6 Å². The summed E-state index contributed by atoms with van der Waals surface area (Å²) in [4.78, 5) is 10.1. The summed E-state index contributed by atoms with van der Waals surface area (Å²) >= 11 is 3.22. The lowest BCUT2D eigenvalue weighted by molar-refractivity contribution is -0.384. The molecule has 104 valence electrons. The number of nitro benzene ring substituents is 1. The van der Waals surface area contributed by atoms with Crippen LogP contribution in [0.4, 0.5) is 10.1 Å². The van der Waals surface area contributed by atoms with Gasteiger partial charge in [0.1, 0.15) is 11.6 Å². The molecule has 0 aromatic heterocycles. The number of halogens is 2. The second kappa shape index (κ2) is 6.47. The van der Waals surface area contributed by atoms with Crippen LogP contribution in [0, 0.1) is 15.9 Å². The van der Waals surface area contributed by atoms with Gasteiger partial charge in [0.15, 0.2) is 0 Å². The highest BCUT2D eigenvalue weighted by Gasteiger charge is 2.05. The minimum absolute atomic E-state index is 0.0657. The van der Waals surface area contributed by atoms with Crippen LogP contribution in [0.1, 0.15) is 5.56 Å². The molecule has 0 atom stereocenters. The highest BCUT2D eigenvalue weighted by molar-refractivity contribution is 9.10. The first-order valence-corrected chi connectivity index (χ1v) is 6.67. The molecule has 0 radical (unpaired) electrons. The van der Waals surface area contributed by atoms with Gasteiger partial charge in [-0.05, 0) is 39.7 Å². The van der Waals surface area contributed by atoms with E-state index in [0.717, 1.165) is 5.56 Å². The van der Waals surface area contributed by atoms with Crippen molar-refractivity contribution in [2.75, 3.05) is 6.61 Å². The molecule has 0 saturated heterocycles. The summed E-state index contributed by atoms with van der Waals surface area (Å²) < 4.78 is 19.0. The lowest BCUT2D eigenvalue weighted by atomic mass is 10.1.